The van der Waals surface area contributed by atoms with Crippen LogP contribution in [0.25, 0.3) is 0 Å². The van der Waals surface area contributed by atoms with Crippen LogP contribution in [0.1, 0.15) is 27.7 Å². The van der Waals surface area contributed by atoms with Crippen LogP contribution in [0.2, 0.25) is 0 Å². The van der Waals surface area contributed by atoms with Gasteiger partial charge in [0.15, 0.2) is 0 Å². The van der Waals surface area contributed by atoms with E-state index in [1.54, 1.807) is 27.7 Å². The summed E-state index contributed by atoms with van der Waals surface area (Å²) in [5.74, 6) is -2.11. The third-order valence-corrected chi connectivity index (χ3v) is 13.6. The molecule has 0 saturated heterocycles. The molecule has 0 aliphatic heterocycles. The van der Waals surface area contributed by atoms with Gasteiger partial charge < -0.3 is 18.9 Å². The van der Waals surface area contributed by atoms with E-state index in [0.717, 1.165) is 21.6 Å². The van der Waals surface area contributed by atoms with Crippen molar-refractivity contribution < 1.29 is 71.8 Å². The number of hydrogen-bond acceptors (Lipinski definition) is 16. The van der Waals surface area contributed by atoms with Crippen LogP contribution in [0, 0.1) is 0 Å². The van der Waals surface area contributed by atoms with Crippen LogP contribution in [0.4, 0.5) is 0 Å². The Balaban J connectivity index is 0.000000680. The first-order valence-corrected chi connectivity index (χ1v) is 26.4. The zero-order chi connectivity index (χ0) is 50.9. The van der Waals surface area contributed by atoms with Crippen molar-refractivity contribution in [2.24, 2.45) is 0 Å². The standard InChI is InChI=1S/2C24H26O8S2/c2*1-3-31-23(25)17-9-5-7-13-19-33(27,28)21-15-11-12-16-22(21)34(29,30)20-14-8-6-10-18-24(26)32-4-2/h2*5-20H,3-4H2,1-2H3/b2*7-5+,8-6+,17-9+,18-10+,19-13+,20-14+. The minimum Gasteiger partial charge on any atom is -0.463 e. The number of sulfone groups is 4. The molecule has 0 saturated carbocycles. The molecule has 0 fully saturated rings. The number of ether oxygens (including phenoxy) is 4. The van der Waals surface area contributed by atoms with Gasteiger partial charge in [0.1, 0.15) is 0 Å². The van der Waals surface area contributed by atoms with Crippen molar-refractivity contribution in [3.05, 3.63) is 192 Å². The van der Waals surface area contributed by atoms with Gasteiger partial charge in [-0.25, -0.2) is 52.8 Å². The van der Waals surface area contributed by atoms with Gasteiger partial charge in [-0.05, 0) is 52.0 Å². The number of benzene rings is 2. The van der Waals surface area contributed by atoms with Crippen LogP contribution in [-0.2, 0) is 77.5 Å². The molecule has 20 heteroatoms. The lowest BCUT2D eigenvalue weighted by atomic mass is 10.4. The highest BCUT2D eigenvalue weighted by Crippen LogP contribution is 2.25. The van der Waals surface area contributed by atoms with Crippen molar-refractivity contribution in [2.45, 2.75) is 47.3 Å². The molecule has 0 bridgehead atoms. The Morgan fingerprint density at radius 2 is 0.500 bits per heavy atom. The lowest BCUT2D eigenvalue weighted by Gasteiger charge is -2.06. The summed E-state index contributed by atoms with van der Waals surface area (Å²) < 4.78 is 120. The topological polar surface area (TPSA) is 242 Å². The van der Waals surface area contributed by atoms with E-state index in [1.807, 2.05) is 0 Å². The van der Waals surface area contributed by atoms with Crippen LogP contribution < -0.4 is 0 Å². The summed E-state index contributed by atoms with van der Waals surface area (Å²) >= 11 is 0. The van der Waals surface area contributed by atoms with Gasteiger partial charge in [-0.15, -0.1) is 0 Å². The quantitative estimate of drug-likeness (QED) is 0.0436. The minimum absolute atomic E-state index is 0.241. The smallest absolute Gasteiger partial charge is 0.330 e. The number of carbonyl (C=O) groups excluding carboxylic acids is 4. The fraction of sp³-hybridized carbons (Fsp3) is 0.167. The first kappa shape index (κ1) is 59.0. The summed E-state index contributed by atoms with van der Waals surface area (Å²) in [7, 11) is -16.3. The van der Waals surface area contributed by atoms with Crippen LogP contribution in [0.5, 0.6) is 0 Å². The Kier molecular flexibility index (Phi) is 27.6. The van der Waals surface area contributed by atoms with Crippen LogP contribution in [0.3, 0.4) is 0 Å². The first-order chi connectivity index (χ1) is 32.3. The van der Waals surface area contributed by atoms with Crippen molar-refractivity contribution >= 4 is 63.2 Å². The minimum atomic E-state index is -4.08. The first-order valence-electron chi connectivity index (χ1n) is 20.2. The molecular weight excluding hydrogens is 961 g/mol. The Labute approximate surface area is 398 Å². The Morgan fingerprint density at radius 3 is 0.676 bits per heavy atom. The fourth-order valence-electron chi connectivity index (χ4n) is 4.54. The predicted octanol–water partition coefficient (Wildman–Crippen LogP) is 7.22. The molecule has 0 aliphatic carbocycles. The predicted molar refractivity (Wildman–Crippen MR) is 258 cm³/mol. The van der Waals surface area contributed by atoms with E-state index >= 15 is 0 Å². The Morgan fingerprint density at radius 1 is 0.324 bits per heavy atom. The van der Waals surface area contributed by atoms with Crippen molar-refractivity contribution in [3.63, 3.8) is 0 Å². The normalized spacial score (nSPS) is 13.2. The number of carbonyl (C=O) groups is 4. The molecule has 2 rings (SSSR count). The molecule has 0 heterocycles. The molecule has 0 aliphatic rings. The SMILES string of the molecule is CCOC(=O)/C=C/C=C/C=C/S(=O)(=O)c1ccccc1S(=O)(=O)/C=C/C=C/C=C/C(=O)OCC.CCOC(=O)/C=C/C=C/C=C/S(=O)(=O)c1ccccc1S(=O)(=O)/C=C/C=C/C=C/C(=O)OCC. The summed E-state index contributed by atoms with van der Waals surface area (Å²) in [6, 6.07) is 10.5. The molecule has 2 aromatic rings. The summed E-state index contributed by atoms with van der Waals surface area (Å²) in [6.45, 7) is 7.65. The van der Waals surface area contributed by atoms with Crippen LogP contribution in [-0.4, -0.2) is 84.0 Å². The van der Waals surface area contributed by atoms with Crippen LogP contribution >= 0.6 is 0 Å². The van der Waals surface area contributed by atoms with Crippen LogP contribution in [0.15, 0.2) is 211 Å². The van der Waals surface area contributed by atoms with E-state index in [0.29, 0.717) is 0 Å². The van der Waals surface area contributed by atoms with E-state index in [9.17, 15) is 52.8 Å². The van der Waals surface area contributed by atoms with E-state index in [1.165, 1.54) is 170 Å². The number of rotatable bonds is 24. The monoisotopic (exact) mass is 1010 g/mol. The molecule has 0 N–H and O–H groups in total. The molecule has 0 unspecified atom stereocenters. The number of allylic oxidation sites excluding steroid dienone is 16. The van der Waals surface area contributed by atoms with E-state index in [4.69, 9.17) is 18.9 Å². The van der Waals surface area contributed by atoms with Gasteiger partial charge in [-0.2, -0.15) is 0 Å². The van der Waals surface area contributed by atoms with Crippen molar-refractivity contribution in [2.75, 3.05) is 26.4 Å². The molecule has 68 heavy (non-hydrogen) atoms. The molecule has 0 amide bonds. The molecule has 0 spiro atoms. The molecule has 0 radical (unpaired) electrons. The molecule has 2 aromatic carbocycles. The zero-order valence-electron chi connectivity index (χ0n) is 37.5. The van der Waals surface area contributed by atoms with Gasteiger partial charge in [0.05, 0.1) is 46.0 Å². The highest BCUT2D eigenvalue weighted by atomic mass is 32.2. The largest absolute Gasteiger partial charge is 0.463 e. The van der Waals surface area contributed by atoms with Gasteiger partial charge >= 0.3 is 23.9 Å². The van der Waals surface area contributed by atoms with E-state index in [-0.39, 0.29) is 46.0 Å². The maximum absolute atomic E-state index is 12.7. The van der Waals surface area contributed by atoms with Gasteiger partial charge in [0.25, 0.3) is 0 Å². The number of hydrogen-bond donors (Lipinski definition) is 0. The lowest BCUT2D eigenvalue weighted by Crippen LogP contribution is -2.06. The van der Waals surface area contributed by atoms with Gasteiger partial charge in [-0.3, -0.25) is 0 Å². The summed E-state index contributed by atoms with van der Waals surface area (Å²) in [5.41, 5.74) is 0. The number of esters is 4. The average Bonchev–Trinajstić information content (AvgIpc) is 3.29. The highest BCUT2D eigenvalue weighted by molar-refractivity contribution is 7.97. The molecule has 0 aromatic heterocycles. The van der Waals surface area contributed by atoms with Gasteiger partial charge in [-0.1, -0.05) is 121 Å². The Bertz CT molecular complexity index is 2460. The second-order valence-corrected chi connectivity index (χ2v) is 19.6. The van der Waals surface area contributed by atoms with E-state index in [2.05, 4.69) is 0 Å². The second-order valence-electron chi connectivity index (χ2n) is 12.4. The Hall–Kier alpha value is -7.00. The molecular formula is C48H52O16S4. The van der Waals surface area contributed by atoms with Gasteiger partial charge in [0.2, 0.25) is 39.3 Å². The van der Waals surface area contributed by atoms with Gasteiger partial charge in [0, 0.05) is 45.9 Å². The maximum Gasteiger partial charge on any atom is 0.330 e. The third kappa shape index (κ3) is 24.0. The molecule has 0 atom stereocenters. The van der Waals surface area contributed by atoms with E-state index < -0.39 is 63.2 Å². The summed E-state index contributed by atoms with van der Waals surface area (Å²) in [6.07, 6.45) is 26.3. The molecule has 16 nitrogen and oxygen atoms in total. The van der Waals surface area contributed by atoms with Crippen molar-refractivity contribution in [3.8, 4) is 0 Å². The lowest BCUT2D eigenvalue weighted by molar-refractivity contribution is -0.138. The fourth-order valence-corrected chi connectivity index (χ4v) is 10.2. The average molecular weight is 1010 g/mol. The van der Waals surface area contributed by atoms with Crippen molar-refractivity contribution in [1.29, 1.82) is 0 Å². The second kappa shape index (κ2) is 31.8. The van der Waals surface area contributed by atoms with Crippen molar-refractivity contribution in [1.82, 2.24) is 0 Å². The highest BCUT2D eigenvalue weighted by Gasteiger charge is 2.24. The molecule has 364 valence electrons. The maximum atomic E-state index is 12.7. The third-order valence-electron chi connectivity index (χ3n) is 7.36. The zero-order valence-corrected chi connectivity index (χ0v) is 40.7. The summed E-state index contributed by atoms with van der Waals surface area (Å²) in [5, 5.41) is 3.44. The summed E-state index contributed by atoms with van der Waals surface area (Å²) in [4.78, 5) is 43.2.